The molecule has 4 aliphatic rings. The molecule has 0 nitrogen and oxygen atoms in total. The highest BCUT2D eigenvalue weighted by Gasteiger charge is 2.35. The molecular formula is C10H5S8+. The van der Waals surface area contributed by atoms with Gasteiger partial charge in [-0.15, -0.1) is 0 Å². The molecule has 4 heterocycles. The molecule has 0 saturated heterocycles. The van der Waals surface area contributed by atoms with Gasteiger partial charge in [0.2, 0.25) is 4.24 Å². The van der Waals surface area contributed by atoms with Crippen molar-refractivity contribution in [3.8, 4) is 0 Å². The third-order valence-electron chi connectivity index (χ3n) is 2.09. The molecule has 0 aromatic rings. The maximum atomic E-state index is 2.22. The lowest BCUT2D eigenvalue weighted by atomic mass is 11.2. The highest BCUT2D eigenvalue weighted by Crippen LogP contribution is 2.69. The topological polar surface area (TPSA) is 0 Å². The van der Waals surface area contributed by atoms with Gasteiger partial charge in [-0.2, -0.15) is 0 Å². The molecule has 0 fully saturated rings. The summed E-state index contributed by atoms with van der Waals surface area (Å²) in [6.07, 6.45) is 0. The third-order valence-corrected chi connectivity index (χ3v) is 13.2. The summed E-state index contributed by atoms with van der Waals surface area (Å²) in [5, 5.41) is 8.76. The second kappa shape index (κ2) is 5.71. The monoisotopic (exact) mass is 381 g/mol. The molecule has 0 amide bonds. The molecule has 0 saturated carbocycles. The van der Waals surface area contributed by atoms with Crippen LogP contribution in [0.3, 0.4) is 0 Å². The Bertz CT molecular complexity index is 474. The molecule has 0 N–H and O–H groups in total. The van der Waals surface area contributed by atoms with Gasteiger partial charge in [-0.25, -0.2) is 0 Å². The average molecular weight is 382 g/mol. The fourth-order valence-electron chi connectivity index (χ4n) is 1.38. The zero-order valence-corrected chi connectivity index (χ0v) is 15.2. The van der Waals surface area contributed by atoms with Gasteiger partial charge in [0.1, 0.15) is 9.65 Å². The van der Waals surface area contributed by atoms with Crippen LogP contribution in [0, 0.1) is 0 Å². The van der Waals surface area contributed by atoms with Crippen molar-refractivity contribution in [2.24, 2.45) is 0 Å². The Hall–Kier alpha value is 1.50. The molecule has 92 valence electrons. The molecule has 0 unspecified atom stereocenters. The Morgan fingerprint density at radius 2 is 1.22 bits per heavy atom. The molecule has 0 aromatic carbocycles. The summed E-state index contributed by atoms with van der Waals surface area (Å²) in [6.45, 7) is 0. The van der Waals surface area contributed by atoms with E-state index in [0.717, 1.165) is 0 Å². The van der Waals surface area contributed by atoms with Crippen LogP contribution in [0.1, 0.15) is 0 Å². The van der Waals surface area contributed by atoms with Gasteiger partial charge in [0.05, 0.1) is 16.9 Å². The summed E-state index contributed by atoms with van der Waals surface area (Å²) in [6, 6.07) is 0. The lowest BCUT2D eigenvalue weighted by molar-refractivity contribution is 2.35. The first-order valence-electron chi connectivity index (χ1n) is 4.85. The van der Waals surface area contributed by atoms with Crippen LogP contribution in [-0.4, -0.2) is 0 Å². The minimum atomic E-state index is 1.37. The van der Waals surface area contributed by atoms with Crippen LogP contribution in [-0.2, 0) is 11.8 Å². The third kappa shape index (κ3) is 2.52. The lowest BCUT2D eigenvalue weighted by Crippen LogP contribution is -1.75. The number of rotatable bonds is 0. The Labute approximate surface area is 140 Å². The molecule has 4 rings (SSSR count). The minimum absolute atomic E-state index is 1.37. The van der Waals surface area contributed by atoms with Gasteiger partial charge in [0, 0.05) is 17.2 Å². The smallest absolute Gasteiger partial charge is 0.0884 e. The van der Waals surface area contributed by atoms with Crippen LogP contribution in [0.4, 0.5) is 0 Å². The quantitative estimate of drug-likeness (QED) is 0.351. The molecule has 0 spiro atoms. The van der Waals surface area contributed by atoms with Crippen LogP contribution in [0.15, 0.2) is 47.1 Å². The lowest BCUT2D eigenvalue weighted by Gasteiger charge is -2.04. The Balaban J connectivity index is 1.51. The Morgan fingerprint density at radius 1 is 0.611 bits per heavy atom. The zero-order valence-electron chi connectivity index (χ0n) is 8.61. The van der Waals surface area contributed by atoms with Gasteiger partial charge in [-0.3, -0.25) is 0 Å². The van der Waals surface area contributed by atoms with E-state index < -0.39 is 0 Å². The van der Waals surface area contributed by atoms with Gasteiger partial charge in [0.15, 0.2) is 0 Å². The van der Waals surface area contributed by atoms with Gasteiger partial charge in [0.25, 0.3) is 0 Å². The maximum Gasteiger partial charge on any atom is 0.216 e. The summed E-state index contributed by atoms with van der Waals surface area (Å²) >= 11 is 14.8. The van der Waals surface area contributed by atoms with Crippen molar-refractivity contribution in [3.63, 3.8) is 0 Å². The number of hydrogen-bond donors (Lipinski definition) is 0. The van der Waals surface area contributed by atoms with Crippen molar-refractivity contribution in [3.05, 3.63) is 47.1 Å². The van der Waals surface area contributed by atoms with Crippen molar-refractivity contribution in [2.45, 2.75) is 0 Å². The van der Waals surface area contributed by atoms with Crippen molar-refractivity contribution >= 4 is 94.1 Å². The van der Waals surface area contributed by atoms with E-state index in [2.05, 4.69) is 21.6 Å². The molecule has 0 aliphatic carbocycles. The van der Waals surface area contributed by atoms with Crippen LogP contribution in [0.5, 0.6) is 0 Å². The van der Waals surface area contributed by atoms with Crippen molar-refractivity contribution < 1.29 is 0 Å². The van der Waals surface area contributed by atoms with Gasteiger partial charge in [-0.05, 0) is 22.6 Å². The minimum Gasteiger partial charge on any atom is -0.0884 e. The van der Waals surface area contributed by atoms with E-state index >= 15 is 0 Å². The van der Waals surface area contributed by atoms with Crippen molar-refractivity contribution in [2.75, 3.05) is 0 Å². The average Bonchev–Trinajstić information content (AvgIpc) is 3.13. The summed E-state index contributed by atoms with van der Waals surface area (Å²) in [5.74, 6) is 0. The van der Waals surface area contributed by atoms with Crippen LogP contribution < -0.4 is 0 Å². The first-order valence-corrected chi connectivity index (χ1v) is 11.7. The molecule has 4 aliphatic heterocycles. The summed E-state index contributed by atoms with van der Waals surface area (Å²) in [7, 11) is 0. The van der Waals surface area contributed by atoms with E-state index in [4.69, 9.17) is 0 Å². The van der Waals surface area contributed by atoms with E-state index in [9.17, 15) is 0 Å². The first kappa shape index (κ1) is 13.2. The van der Waals surface area contributed by atoms with Gasteiger partial charge in [-0.1, -0.05) is 70.6 Å². The fraction of sp³-hybridized carbons (Fsp3) is 0. The standard InChI is InChI=1S/C10H4S8/c1-2-12-5(11-1)7-15-9-10(16-7)18-8(17-9)6-13-3-4-14-6/h1-4H/p+1. The van der Waals surface area contributed by atoms with E-state index in [0.29, 0.717) is 0 Å². The number of hydrogen-bond acceptors (Lipinski definition) is 7. The van der Waals surface area contributed by atoms with Crippen LogP contribution in [0.25, 0.3) is 0 Å². The molecule has 0 radical (unpaired) electrons. The molecule has 0 bridgehead atoms. The molecule has 0 aromatic heterocycles. The van der Waals surface area contributed by atoms with Crippen LogP contribution >= 0.6 is 82.3 Å². The Kier molecular flexibility index (Phi) is 4.18. The van der Waals surface area contributed by atoms with Crippen molar-refractivity contribution in [1.29, 1.82) is 0 Å². The predicted octanol–water partition coefficient (Wildman–Crippen LogP) is 6.31. The van der Waals surface area contributed by atoms with E-state index in [-0.39, 0.29) is 0 Å². The zero-order chi connectivity index (χ0) is 11.9. The molecule has 8 heteroatoms. The molecule has 18 heavy (non-hydrogen) atoms. The van der Waals surface area contributed by atoms with Crippen LogP contribution in [0.2, 0.25) is 0 Å². The van der Waals surface area contributed by atoms with E-state index in [1.165, 1.54) is 37.2 Å². The highest BCUT2D eigenvalue weighted by molar-refractivity contribution is 8.49. The van der Waals surface area contributed by atoms with E-state index in [1.807, 2.05) is 82.3 Å². The molecule has 0 atom stereocenters. The Morgan fingerprint density at radius 3 is 1.83 bits per heavy atom. The van der Waals surface area contributed by atoms with Crippen molar-refractivity contribution in [1.82, 2.24) is 0 Å². The van der Waals surface area contributed by atoms with Gasteiger partial charge >= 0.3 is 0 Å². The summed E-state index contributed by atoms with van der Waals surface area (Å²) in [4.78, 5) is 0. The van der Waals surface area contributed by atoms with E-state index in [1.54, 1.807) is 0 Å². The number of thiol groups is 1. The first-order chi connectivity index (χ1) is 8.90. The van der Waals surface area contributed by atoms with Gasteiger partial charge < -0.3 is 0 Å². The second-order valence-corrected chi connectivity index (χ2v) is 12.6. The summed E-state index contributed by atoms with van der Waals surface area (Å²) in [5.41, 5.74) is 0. The normalized spacial score (nSPS) is 26.2. The number of thioether (sulfide) groups is 7. The fourth-order valence-corrected chi connectivity index (χ4v) is 12.2. The SMILES string of the molecule is C1=CSC(=C2SC3=C(S2)SC(=C2SC=C[SH+]2)S3)S1. The summed E-state index contributed by atoms with van der Waals surface area (Å²) < 4.78 is 8.90. The predicted molar refractivity (Wildman–Crippen MR) is 101 cm³/mol. The maximum absolute atomic E-state index is 2.22. The second-order valence-electron chi connectivity index (χ2n) is 3.19. The molecular weight excluding hydrogens is 377 g/mol. The highest BCUT2D eigenvalue weighted by atomic mass is 32.3. The largest absolute Gasteiger partial charge is 0.216 e.